The molecule has 104 valence electrons. The summed E-state index contributed by atoms with van der Waals surface area (Å²) in [5.74, 6) is 0.784. The molecule has 0 aliphatic carbocycles. The highest BCUT2D eigenvalue weighted by atomic mass is 35.5. The molecule has 1 atom stereocenters. The Bertz CT molecular complexity index is 627. The van der Waals surface area contributed by atoms with Gasteiger partial charge in [-0.3, -0.25) is 10.1 Å². The molecule has 0 radical (unpaired) electrons. The number of non-ortho nitro benzene ring substituents is 1. The number of nitro groups is 1. The van der Waals surface area contributed by atoms with Crippen LogP contribution in [-0.4, -0.2) is 4.92 Å². The number of ether oxygens (including phenoxy) is 1. The highest BCUT2D eigenvalue weighted by Crippen LogP contribution is 2.32. The van der Waals surface area contributed by atoms with Crippen molar-refractivity contribution < 1.29 is 9.66 Å². The fourth-order valence-corrected chi connectivity index (χ4v) is 1.81. The van der Waals surface area contributed by atoms with Crippen molar-refractivity contribution in [2.75, 3.05) is 0 Å². The predicted molar refractivity (Wildman–Crippen MR) is 77.2 cm³/mol. The van der Waals surface area contributed by atoms with Gasteiger partial charge in [-0.25, -0.2) is 0 Å². The first-order chi connectivity index (χ1) is 9.47. The Morgan fingerprint density at radius 1 is 1.25 bits per heavy atom. The largest absolute Gasteiger partial charge is 0.456 e. The van der Waals surface area contributed by atoms with Crippen LogP contribution >= 0.6 is 11.6 Å². The first-order valence-corrected chi connectivity index (χ1v) is 6.32. The average molecular weight is 293 g/mol. The molecule has 0 amide bonds. The molecule has 0 aromatic heterocycles. The van der Waals surface area contributed by atoms with Gasteiger partial charge in [0, 0.05) is 12.1 Å². The summed E-state index contributed by atoms with van der Waals surface area (Å²) in [6, 6.07) is 11.2. The number of nitrogens with two attached hydrogens (primary N) is 1. The van der Waals surface area contributed by atoms with Gasteiger partial charge in [0.1, 0.15) is 5.75 Å². The topological polar surface area (TPSA) is 78.4 Å². The molecular weight excluding hydrogens is 280 g/mol. The van der Waals surface area contributed by atoms with E-state index in [4.69, 9.17) is 22.1 Å². The fourth-order valence-electron chi connectivity index (χ4n) is 1.65. The van der Waals surface area contributed by atoms with Crippen molar-refractivity contribution in [3.63, 3.8) is 0 Å². The van der Waals surface area contributed by atoms with Crippen LogP contribution in [0.2, 0.25) is 5.02 Å². The minimum absolute atomic E-state index is 0.0644. The van der Waals surface area contributed by atoms with E-state index >= 15 is 0 Å². The Hall–Kier alpha value is -2.11. The van der Waals surface area contributed by atoms with E-state index < -0.39 is 4.92 Å². The second-order valence-electron chi connectivity index (χ2n) is 4.33. The molecule has 6 heteroatoms. The van der Waals surface area contributed by atoms with Gasteiger partial charge >= 0.3 is 0 Å². The van der Waals surface area contributed by atoms with E-state index in [0.717, 1.165) is 5.56 Å². The lowest BCUT2D eigenvalue weighted by Crippen LogP contribution is -2.04. The normalized spacial score (nSPS) is 11.9. The first kappa shape index (κ1) is 14.3. The lowest BCUT2D eigenvalue weighted by Gasteiger charge is -2.09. The number of hydrogen-bond donors (Lipinski definition) is 1. The van der Waals surface area contributed by atoms with Gasteiger partial charge in [0.05, 0.1) is 16.0 Å². The van der Waals surface area contributed by atoms with Gasteiger partial charge in [0.2, 0.25) is 0 Å². The fraction of sp³-hybridized carbons (Fsp3) is 0.143. The van der Waals surface area contributed by atoms with E-state index in [2.05, 4.69) is 0 Å². The lowest BCUT2D eigenvalue weighted by atomic mass is 10.1. The molecule has 0 saturated carbocycles. The number of benzene rings is 2. The van der Waals surface area contributed by atoms with E-state index in [0.29, 0.717) is 10.8 Å². The monoisotopic (exact) mass is 292 g/mol. The zero-order chi connectivity index (χ0) is 14.7. The van der Waals surface area contributed by atoms with E-state index in [1.807, 2.05) is 19.1 Å². The van der Waals surface area contributed by atoms with Crippen molar-refractivity contribution in [1.82, 2.24) is 0 Å². The molecule has 0 fully saturated rings. The van der Waals surface area contributed by atoms with E-state index in [-0.39, 0.29) is 17.5 Å². The second kappa shape index (κ2) is 5.90. The van der Waals surface area contributed by atoms with Crippen molar-refractivity contribution in [2.24, 2.45) is 5.73 Å². The van der Waals surface area contributed by atoms with Gasteiger partial charge in [0.25, 0.3) is 5.69 Å². The van der Waals surface area contributed by atoms with Gasteiger partial charge in [-0.15, -0.1) is 0 Å². The van der Waals surface area contributed by atoms with Crippen LogP contribution in [0, 0.1) is 10.1 Å². The molecule has 0 aliphatic heterocycles. The summed E-state index contributed by atoms with van der Waals surface area (Å²) < 4.78 is 5.56. The van der Waals surface area contributed by atoms with Crippen LogP contribution in [0.15, 0.2) is 42.5 Å². The third kappa shape index (κ3) is 3.26. The number of halogens is 1. The summed E-state index contributed by atoms with van der Waals surface area (Å²) in [5.41, 5.74) is 6.66. The Kier molecular flexibility index (Phi) is 4.22. The highest BCUT2D eigenvalue weighted by Gasteiger charge is 2.11. The van der Waals surface area contributed by atoms with Crippen LogP contribution in [-0.2, 0) is 0 Å². The minimum Gasteiger partial charge on any atom is -0.456 e. The Morgan fingerprint density at radius 2 is 1.90 bits per heavy atom. The summed E-state index contributed by atoms with van der Waals surface area (Å²) in [4.78, 5) is 10.2. The summed E-state index contributed by atoms with van der Waals surface area (Å²) in [6.07, 6.45) is 0. The molecule has 0 spiro atoms. The smallest absolute Gasteiger partial charge is 0.273 e. The van der Waals surface area contributed by atoms with Crippen molar-refractivity contribution in [1.29, 1.82) is 0 Å². The van der Waals surface area contributed by atoms with Gasteiger partial charge < -0.3 is 10.5 Å². The van der Waals surface area contributed by atoms with Crippen molar-refractivity contribution in [2.45, 2.75) is 13.0 Å². The molecule has 5 nitrogen and oxygen atoms in total. The Labute approximate surface area is 121 Å². The molecule has 2 rings (SSSR count). The van der Waals surface area contributed by atoms with E-state index in [1.54, 1.807) is 12.1 Å². The predicted octanol–water partition coefficient (Wildman–Crippen LogP) is 4.06. The average Bonchev–Trinajstić information content (AvgIpc) is 2.41. The van der Waals surface area contributed by atoms with Gasteiger partial charge in [-0.05, 0) is 30.7 Å². The highest BCUT2D eigenvalue weighted by molar-refractivity contribution is 6.32. The summed E-state index contributed by atoms with van der Waals surface area (Å²) in [6.45, 7) is 1.88. The maximum absolute atomic E-state index is 10.7. The zero-order valence-electron chi connectivity index (χ0n) is 10.7. The minimum atomic E-state index is -0.498. The summed E-state index contributed by atoms with van der Waals surface area (Å²) >= 11 is 5.96. The second-order valence-corrected chi connectivity index (χ2v) is 4.74. The number of nitrogens with zero attached hydrogens (tertiary/aromatic N) is 1. The van der Waals surface area contributed by atoms with Crippen LogP contribution in [0.4, 0.5) is 5.69 Å². The van der Waals surface area contributed by atoms with Crippen LogP contribution in [0.25, 0.3) is 0 Å². The van der Waals surface area contributed by atoms with Gasteiger partial charge in [-0.2, -0.15) is 0 Å². The molecule has 1 unspecified atom stereocenters. The Morgan fingerprint density at radius 3 is 2.45 bits per heavy atom. The summed E-state index contributed by atoms with van der Waals surface area (Å²) in [7, 11) is 0. The standard InChI is InChI=1S/C14H13ClN2O3/c1-9(16)10-2-5-12(6-3-10)20-14-8-11(17(18)19)4-7-13(14)15/h2-9H,16H2,1H3. The van der Waals surface area contributed by atoms with Crippen LogP contribution < -0.4 is 10.5 Å². The van der Waals surface area contributed by atoms with Crippen molar-refractivity contribution >= 4 is 17.3 Å². The first-order valence-electron chi connectivity index (χ1n) is 5.94. The molecule has 2 N–H and O–H groups in total. The molecule has 20 heavy (non-hydrogen) atoms. The maximum atomic E-state index is 10.7. The number of hydrogen-bond acceptors (Lipinski definition) is 4. The maximum Gasteiger partial charge on any atom is 0.273 e. The van der Waals surface area contributed by atoms with Gasteiger partial charge in [0.15, 0.2) is 5.75 Å². The SMILES string of the molecule is CC(N)c1ccc(Oc2cc([N+](=O)[O-])ccc2Cl)cc1. The lowest BCUT2D eigenvalue weighted by molar-refractivity contribution is -0.384. The zero-order valence-corrected chi connectivity index (χ0v) is 11.5. The molecular formula is C14H13ClN2O3. The van der Waals surface area contributed by atoms with Crippen LogP contribution in [0.1, 0.15) is 18.5 Å². The quantitative estimate of drug-likeness (QED) is 0.681. The van der Waals surface area contributed by atoms with Crippen molar-refractivity contribution in [3.05, 3.63) is 63.2 Å². The molecule has 0 aliphatic rings. The third-order valence-electron chi connectivity index (χ3n) is 2.76. The third-order valence-corrected chi connectivity index (χ3v) is 3.07. The number of rotatable bonds is 4. The van der Waals surface area contributed by atoms with E-state index in [1.165, 1.54) is 18.2 Å². The van der Waals surface area contributed by atoms with Crippen molar-refractivity contribution in [3.8, 4) is 11.5 Å². The molecule has 2 aromatic carbocycles. The molecule has 2 aromatic rings. The van der Waals surface area contributed by atoms with Crippen LogP contribution in [0.3, 0.4) is 0 Å². The number of nitro benzene ring substituents is 1. The molecule has 0 heterocycles. The summed E-state index contributed by atoms with van der Waals surface area (Å²) in [5, 5.41) is 11.0. The van der Waals surface area contributed by atoms with Crippen LogP contribution in [0.5, 0.6) is 11.5 Å². The molecule has 0 bridgehead atoms. The molecule has 0 saturated heterocycles. The van der Waals surface area contributed by atoms with Gasteiger partial charge in [-0.1, -0.05) is 23.7 Å². The Balaban J connectivity index is 2.25. The van der Waals surface area contributed by atoms with E-state index in [9.17, 15) is 10.1 Å².